The van der Waals surface area contributed by atoms with Gasteiger partial charge in [-0.15, -0.1) is 0 Å². The molecule has 0 spiro atoms. The van der Waals surface area contributed by atoms with Crippen molar-refractivity contribution in [2.45, 2.75) is 49.4 Å². The fourth-order valence-corrected chi connectivity index (χ4v) is 3.51. The summed E-state index contributed by atoms with van der Waals surface area (Å²) in [6.07, 6.45) is 2.68. The van der Waals surface area contributed by atoms with Gasteiger partial charge < -0.3 is 4.74 Å². The van der Waals surface area contributed by atoms with Crippen molar-refractivity contribution in [1.82, 2.24) is 0 Å². The second-order valence-corrected chi connectivity index (χ2v) is 6.58. The van der Waals surface area contributed by atoms with E-state index in [0.29, 0.717) is 12.5 Å². The van der Waals surface area contributed by atoms with Crippen LogP contribution < -0.4 is 0 Å². The number of hydrogen-bond acceptors (Lipinski definition) is 4. The van der Waals surface area contributed by atoms with Crippen molar-refractivity contribution in [1.29, 1.82) is 0 Å². The molecule has 0 amide bonds. The van der Waals surface area contributed by atoms with E-state index in [-0.39, 0.29) is 17.1 Å². The van der Waals surface area contributed by atoms with E-state index in [4.69, 9.17) is 8.92 Å². The van der Waals surface area contributed by atoms with Crippen LogP contribution in [0.15, 0.2) is 29.2 Å². The maximum absolute atomic E-state index is 12.1. The zero-order chi connectivity index (χ0) is 12.8. The molecule has 1 aliphatic carbocycles. The number of fused-ring (bicyclic) bond motifs is 1. The number of rotatable bonds is 3. The summed E-state index contributed by atoms with van der Waals surface area (Å²) in [5.41, 5.74) is 1.03. The number of aryl methyl sites for hydroxylation is 1. The van der Waals surface area contributed by atoms with Gasteiger partial charge in [-0.05, 0) is 31.9 Å². The van der Waals surface area contributed by atoms with Crippen LogP contribution in [0.1, 0.15) is 24.8 Å². The molecule has 2 aliphatic rings. The average molecular weight is 268 g/mol. The Labute approximate surface area is 107 Å². The molecule has 3 unspecified atom stereocenters. The molecule has 5 heteroatoms. The molecule has 1 aromatic carbocycles. The second-order valence-electron chi connectivity index (χ2n) is 5.01. The Balaban J connectivity index is 1.72. The highest BCUT2D eigenvalue weighted by atomic mass is 32.2. The molecule has 4 nitrogen and oxygen atoms in total. The first-order valence-corrected chi connectivity index (χ1v) is 7.61. The van der Waals surface area contributed by atoms with E-state index >= 15 is 0 Å². The minimum atomic E-state index is -3.64. The Bertz CT molecular complexity index is 535. The fraction of sp³-hybridized carbons (Fsp3) is 0.538. The van der Waals surface area contributed by atoms with E-state index in [2.05, 4.69) is 0 Å². The molecule has 2 fully saturated rings. The van der Waals surface area contributed by atoms with Gasteiger partial charge in [0.15, 0.2) is 0 Å². The molecular weight excluding hydrogens is 252 g/mol. The van der Waals surface area contributed by atoms with Crippen LogP contribution in [0.5, 0.6) is 0 Å². The van der Waals surface area contributed by atoms with E-state index in [0.717, 1.165) is 18.4 Å². The van der Waals surface area contributed by atoms with E-state index < -0.39 is 10.1 Å². The lowest BCUT2D eigenvalue weighted by Crippen LogP contribution is -2.24. The Morgan fingerprint density at radius 3 is 2.56 bits per heavy atom. The first-order valence-electron chi connectivity index (χ1n) is 6.20. The van der Waals surface area contributed by atoms with Gasteiger partial charge in [-0.25, -0.2) is 0 Å². The van der Waals surface area contributed by atoms with Crippen LogP contribution in [0, 0.1) is 6.92 Å². The van der Waals surface area contributed by atoms with Crippen LogP contribution in [0.25, 0.3) is 0 Å². The van der Waals surface area contributed by atoms with Crippen molar-refractivity contribution in [3.8, 4) is 0 Å². The highest BCUT2D eigenvalue weighted by Crippen LogP contribution is 2.38. The maximum Gasteiger partial charge on any atom is 0.297 e. The van der Waals surface area contributed by atoms with Crippen molar-refractivity contribution in [2.24, 2.45) is 0 Å². The molecule has 1 saturated carbocycles. The zero-order valence-electron chi connectivity index (χ0n) is 10.2. The second kappa shape index (κ2) is 4.33. The summed E-state index contributed by atoms with van der Waals surface area (Å²) in [4.78, 5) is 0.229. The van der Waals surface area contributed by atoms with Crippen molar-refractivity contribution in [3.05, 3.63) is 29.8 Å². The van der Waals surface area contributed by atoms with Crippen LogP contribution in [-0.2, 0) is 19.0 Å². The fourth-order valence-electron chi connectivity index (χ4n) is 2.39. The largest absolute Gasteiger partial charge is 0.369 e. The molecule has 1 aliphatic heterocycles. The third-order valence-corrected chi connectivity index (χ3v) is 4.90. The molecule has 0 aromatic heterocycles. The van der Waals surface area contributed by atoms with Crippen molar-refractivity contribution >= 4 is 10.1 Å². The van der Waals surface area contributed by atoms with Gasteiger partial charge in [0.05, 0.1) is 23.2 Å². The quantitative estimate of drug-likeness (QED) is 0.621. The lowest BCUT2D eigenvalue weighted by atomic mass is 9.98. The number of benzene rings is 1. The molecule has 18 heavy (non-hydrogen) atoms. The predicted octanol–water partition coefficient (Wildman–Crippen LogP) is 2.02. The van der Waals surface area contributed by atoms with Gasteiger partial charge in [0, 0.05) is 6.42 Å². The summed E-state index contributed by atoms with van der Waals surface area (Å²) < 4.78 is 34.8. The van der Waals surface area contributed by atoms with E-state index in [9.17, 15) is 8.42 Å². The summed E-state index contributed by atoms with van der Waals surface area (Å²) in [5.74, 6) is 0. The highest BCUT2D eigenvalue weighted by Gasteiger charge is 2.45. The van der Waals surface area contributed by atoms with Crippen molar-refractivity contribution in [2.75, 3.05) is 0 Å². The number of hydrogen-bond donors (Lipinski definition) is 0. The first kappa shape index (κ1) is 12.1. The lowest BCUT2D eigenvalue weighted by Gasteiger charge is -2.19. The lowest BCUT2D eigenvalue weighted by molar-refractivity contribution is 0.171. The average Bonchev–Trinajstić information content (AvgIpc) is 3.07. The summed E-state index contributed by atoms with van der Waals surface area (Å²) in [5, 5.41) is 0. The zero-order valence-corrected chi connectivity index (χ0v) is 11.0. The van der Waals surface area contributed by atoms with E-state index in [1.54, 1.807) is 24.3 Å². The van der Waals surface area contributed by atoms with Gasteiger partial charge >= 0.3 is 0 Å². The Kier molecular flexibility index (Phi) is 2.92. The van der Waals surface area contributed by atoms with Crippen LogP contribution in [0.3, 0.4) is 0 Å². The molecule has 0 bridgehead atoms. The van der Waals surface area contributed by atoms with Gasteiger partial charge in [-0.1, -0.05) is 17.7 Å². The van der Waals surface area contributed by atoms with E-state index in [1.165, 1.54) is 0 Å². The number of epoxide rings is 1. The highest BCUT2D eigenvalue weighted by molar-refractivity contribution is 7.86. The SMILES string of the molecule is Cc1ccc(S(=O)(=O)OC2CCC3OC3C2)cc1. The Hall–Kier alpha value is -0.910. The van der Waals surface area contributed by atoms with Gasteiger partial charge in [-0.3, -0.25) is 4.18 Å². The standard InChI is InChI=1S/C13H16O4S/c1-9-2-5-11(6-3-9)18(14,15)17-10-4-7-12-13(8-10)16-12/h2-3,5-6,10,12-13H,4,7-8H2,1H3. The molecule has 1 aromatic rings. The number of ether oxygens (including phenoxy) is 1. The summed E-state index contributed by atoms with van der Waals surface area (Å²) in [6.45, 7) is 1.92. The van der Waals surface area contributed by atoms with Crippen LogP contribution in [-0.4, -0.2) is 26.7 Å². The van der Waals surface area contributed by atoms with E-state index in [1.807, 2.05) is 6.92 Å². The molecule has 0 radical (unpaired) electrons. The molecule has 1 saturated heterocycles. The van der Waals surface area contributed by atoms with Crippen LogP contribution in [0.2, 0.25) is 0 Å². The van der Waals surface area contributed by atoms with Gasteiger partial charge in [-0.2, -0.15) is 8.42 Å². The minimum Gasteiger partial charge on any atom is -0.369 e. The summed E-state index contributed by atoms with van der Waals surface area (Å²) in [7, 11) is -3.64. The molecule has 1 heterocycles. The Morgan fingerprint density at radius 1 is 1.17 bits per heavy atom. The third-order valence-electron chi connectivity index (χ3n) is 3.53. The van der Waals surface area contributed by atoms with Gasteiger partial charge in [0.2, 0.25) is 0 Å². The molecule has 3 rings (SSSR count). The summed E-state index contributed by atoms with van der Waals surface area (Å²) >= 11 is 0. The van der Waals surface area contributed by atoms with Gasteiger partial charge in [0.25, 0.3) is 10.1 Å². The smallest absolute Gasteiger partial charge is 0.297 e. The topological polar surface area (TPSA) is 55.9 Å². The van der Waals surface area contributed by atoms with Crippen LogP contribution in [0.4, 0.5) is 0 Å². The minimum absolute atomic E-state index is 0.219. The molecule has 0 N–H and O–H groups in total. The summed E-state index contributed by atoms with van der Waals surface area (Å²) in [6, 6.07) is 6.72. The van der Waals surface area contributed by atoms with Crippen molar-refractivity contribution in [3.63, 3.8) is 0 Å². The molecule has 98 valence electrons. The van der Waals surface area contributed by atoms with Crippen molar-refractivity contribution < 1.29 is 17.3 Å². The monoisotopic (exact) mass is 268 g/mol. The third kappa shape index (κ3) is 2.43. The first-order chi connectivity index (χ1) is 8.54. The van der Waals surface area contributed by atoms with Gasteiger partial charge in [0.1, 0.15) is 0 Å². The van der Waals surface area contributed by atoms with Crippen LogP contribution >= 0.6 is 0 Å². The molecular formula is C13H16O4S. The molecule has 3 atom stereocenters. The normalized spacial score (nSPS) is 30.8. The predicted molar refractivity (Wildman–Crippen MR) is 65.7 cm³/mol. The Morgan fingerprint density at radius 2 is 1.89 bits per heavy atom. The maximum atomic E-state index is 12.1.